The van der Waals surface area contributed by atoms with Crippen LogP contribution in [0.5, 0.6) is 5.75 Å². The highest BCUT2D eigenvalue weighted by molar-refractivity contribution is 9.10. The third-order valence-electron chi connectivity index (χ3n) is 4.14. The Hall–Kier alpha value is -2.83. The average molecular weight is 458 g/mol. The third kappa shape index (κ3) is 3.74. The SMILES string of the molecule is COc1ccc(Br)cc1C(=O)Nc1ccc2oc(-c3ccc(Cl)cc3)nc2c1. The van der Waals surface area contributed by atoms with Crippen molar-refractivity contribution in [2.75, 3.05) is 12.4 Å². The van der Waals surface area contributed by atoms with Crippen molar-refractivity contribution in [3.63, 3.8) is 0 Å². The van der Waals surface area contributed by atoms with E-state index < -0.39 is 0 Å². The monoisotopic (exact) mass is 456 g/mol. The normalized spacial score (nSPS) is 10.8. The second-order valence-electron chi connectivity index (χ2n) is 6.01. The number of ether oxygens (including phenoxy) is 1. The van der Waals surface area contributed by atoms with E-state index in [-0.39, 0.29) is 5.91 Å². The summed E-state index contributed by atoms with van der Waals surface area (Å²) in [5.41, 5.74) is 3.13. The van der Waals surface area contributed by atoms with E-state index >= 15 is 0 Å². The van der Waals surface area contributed by atoms with E-state index in [0.717, 1.165) is 10.0 Å². The minimum atomic E-state index is -0.279. The molecule has 1 N–H and O–H groups in total. The number of nitrogens with one attached hydrogen (secondary N) is 1. The van der Waals surface area contributed by atoms with E-state index in [1.54, 1.807) is 42.5 Å². The van der Waals surface area contributed by atoms with Crippen LogP contribution in [0.1, 0.15) is 10.4 Å². The van der Waals surface area contributed by atoms with Gasteiger partial charge in [-0.1, -0.05) is 27.5 Å². The summed E-state index contributed by atoms with van der Waals surface area (Å²) >= 11 is 9.30. The quantitative estimate of drug-likeness (QED) is 0.398. The molecule has 0 aliphatic carbocycles. The fourth-order valence-electron chi connectivity index (χ4n) is 2.78. The zero-order valence-corrected chi connectivity index (χ0v) is 17.0. The van der Waals surface area contributed by atoms with Crippen LogP contribution in [0, 0.1) is 0 Å². The highest BCUT2D eigenvalue weighted by atomic mass is 79.9. The van der Waals surface area contributed by atoms with Crippen LogP contribution in [0.25, 0.3) is 22.6 Å². The van der Waals surface area contributed by atoms with Gasteiger partial charge in [0.05, 0.1) is 12.7 Å². The second-order valence-corrected chi connectivity index (χ2v) is 7.36. The Morgan fingerprint density at radius 1 is 1.11 bits per heavy atom. The van der Waals surface area contributed by atoms with Gasteiger partial charge in [-0.15, -0.1) is 0 Å². The molecule has 0 bridgehead atoms. The van der Waals surface area contributed by atoms with Crippen LogP contribution in [0.15, 0.2) is 69.6 Å². The number of rotatable bonds is 4. The number of carbonyl (C=O) groups excluding carboxylic acids is 1. The summed E-state index contributed by atoms with van der Waals surface area (Å²) in [7, 11) is 1.53. The van der Waals surface area contributed by atoms with Crippen LogP contribution in [-0.2, 0) is 0 Å². The lowest BCUT2D eigenvalue weighted by atomic mass is 10.2. The first-order valence-electron chi connectivity index (χ1n) is 8.35. The average Bonchev–Trinajstić information content (AvgIpc) is 3.11. The van der Waals surface area contributed by atoms with Crippen LogP contribution in [0.2, 0.25) is 5.02 Å². The Bertz CT molecular complexity index is 1170. The molecule has 0 aliphatic heterocycles. The largest absolute Gasteiger partial charge is 0.496 e. The van der Waals surface area contributed by atoms with Crippen molar-refractivity contribution in [1.82, 2.24) is 4.98 Å². The van der Waals surface area contributed by atoms with Gasteiger partial charge in [0.25, 0.3) is 5.91 Å². The molecule has 0 spiro atoms. The van der Waals surface area contributed by atoms with Crippen LogP contribution in [0.4, 0.5) is 5.69 Å². The first-order chi connectivity index (χ1) is 13.5. The molecule has 3 aromatic carbocycles. The second kappa shape index (κ2) is 7.66. The molecule has 1 heterocycles. The lowest BCUT2D eigenvalue weighted by Crippen LogP contribution is -2.13. The van der Waals surface area contributed by atoms with Gasteiger partial charge in [0.15, 0.2) is 5.58 Å². The summed E-state index contributed by atoms with van der Waals surface area (Å²) in [5.74, 6) is 0.705. The molecule has 28 heavy (non-hydrogen) atoms. The molecule has 4 aromatic rings. The topological polar surface area (TPSA) is 64.4 Å². The lowest BCUT2D eigenvalue weighted by molar-refractivity contribution is 0.102. The highest BCUT2D eigenvalue weighted by Crippen LogP contribution is 2.28. The Morgan fingerprint density at radius 3 is 2.64 bits per heavy atom. The Labute approximate surface area is 174 Å². The lowest BCUT2D eigenvalue weighted by Gasteiger charge is -2.09. The summed E-state index contributed by atoms with van der Waals surface area (Å²) < 4.78 is 11.9. The maximum atomic E-state index is 12.7. The molecule has 0 saturated carbocycles. The first kappa shape index (κ1) is 18.5. The molecular weight excluding hydrogens is 444 g/mol. The summed E-state index contributed by atoms with van der Waals surface area (Å²) in [4.78, 5) is 17.2. The zero-order valence-electron chi connectivity index (χ0n) is 14.7. The van der Waals surface area contributed by atoms with Crippen molar-refractivity contribution in [3.05, 3.63) is 75.7 Å². The van der Waals surface area contributed by atoms with Crippen molar-refractivity contribution < 1.29 is 13.9 Å². The van der Waals surface area contributed by atoms with Crippen molar-refractivity contribution in [2.45, 2.75) is 0 Å². The number of oxazole rings is 1. The number of amides is 1. The Kier molecular flexibility index (Phi) is 5.07. The molecule has 0 aliphatic rings. The standard InChI is InChI=1S/C21H14BrClN2O3/c1-27-18-8-4-13(22)10-16(18)20(26)24-15-7-9-19-17(11-15)25-21(28-19)12-2-5-14(23)6-3-12/h2-11H,1H3,(H,24,26). The molecule has 0 atom stereocenters. The molecule has 1 aromatic heterocycles. The van der Waals surface area contributed by atoms with Gasteiger partial charge in [-0.2, -0.15) is 0 Å². The molecule has 0 radical (unpaired) electrons. The molecule has 0 saturated heterocycles. The highest BCUT2D eigenvalue weighted by Gasteiger charge is 2.14. The van der Waals surface area contributed by atoms with E-state index in [1.807, 2.05) is 18.2 Å². The molecule has 4 rings (SSSR count). The van der Waals surface area contributed by atoms with Gasteiger partial charge < -0.3 is 14.5 Å². The first-order valence-corrected chi connectivity index (χ1v) is 9.52. The predicted molar refractivity (Wildman–Crippen MR) is 113 cm³/mol. The van der Waals surface area contributed by atoms with Crippen LogP contribution < -0.4 is 10.1 Å². The Morgan fingerprint density at radius 2 is 1.89 bits per heavy atom. The van der Waals surface area contributed by atoms with Gasteiger partial charge in [-0.05, 0) is 60.7 Å². The number of carbonyl (C=O) groups is 1. The van der Waals surface area contributed by atoms with Gasteiger partial charge >= 0.3 is 0 Å². The van der Waals surface area contributed by atoms with Gasteiger partial charge in [0, 0.05) is 20.7 Å². The fourth-order valence-corrected chi connectivity index (χ4v) is 3.26. The van der Waals surface area contributed by atoms with Crippen LogP contribution in [-0.4, -0.2) is 18.0 Å². The van der Waals surface area contributed by atoms with Crippen molar-refractivity contribution >= 4 is 50.2 Å². The van der Waals surface area contributed by atoms with Crippen molar-refractivity contribution in [3.8, 4) is 17.2 Å². The molecule has 140 valence electrons. The van der Waals surface area contributed by atoms with Gasteiger partial charge in [0.1, 0.15) is 11.3 Å². The maximum absolute atomic E-state index is 12.7. The van der Waals surface area contributed by atoms with E-state index in [9.17, 15) is 4.79 Å². The van der Waals surface area contributed by atoms with E-state index in [4.69, 9.17) is 20.8 Å². The smallest absolute Gasteiger partial charge is 0.259 e. The van der Waals surface area contributed by atoms with Crippen molar-refractivity contribution in [2.24, 2.45) is 0 Å². The molecule has 1 amide bonds. The number of anilines is 1. The minimum absolute atomic E-state index is 0.279. The van der Waals surface area contributed by atoms with Gasteiger partial charge in [-0.25, -0.2) is 4.98 Å². The molecule has 0 unspecified atom stereocenters. The molecule has 5 nitrogen and oxygen atoms in total. The maximum Gasteiger partial charge on any atom is 0.259 e. The van der Waals surface area contributed by atoms with Crippen molar-refractivity contribution in [1.29, 1.82) is 0 Å². The zero-order chi connectivity index (χ0) is 19.7. The number of methoxy groups -OCH3 is 1. The van der Waals surface area contributed by atoms with E-state index in [1.165, 1.54) is 7.11 Å². The number of halogens is 2. The molecular formula is C21H14BrClN2O3. The number of fused-ring (bicyclic) bond motifs is 1. The Balaban J connectivity index is 1.62. The molecule has 0 fully saturated rings. The summed E-state index contributed by atoms with van der Waals surface area (Å²) in [6.07, 6.45) is 0. The van der Waals surface area contributed by atoms with Crippen LogP contribution in [0.3, 0.4) is 0 Å². The minimum Gasteiger partial charge on any atom is -0.496 e. The summed E-state index contributed by atoms with van der Waals surface area (Å²) in [6, 6.07) is 17.8. The van der Waals surface area contributed by atoms with Gasteiger partial charge in [-0.3, -0.25) is 4.79 Å². The van der Waals surface area contributed by atoms with Gasteiger partial charge in [0.2, 0.25) is 5.89 Å². The van der Waals surface area contributed by atoms with E-state index in [0.29, 0.717) is 39.0 Å². The number of nitrogens with zero attached hydrogens (tertiary/aromatic N) is 1. The summed E-state index contributed by atoms with van der Waals surface area (Å²) in [6.45, 7) is 0. The number of benzene rings is 3. The van der Waals surface area contributed by atoms with Crippen LogP contribution >= 0.6 is 27.5 Å². The molecule has 7 heteroatoms. The fraction of sp³-hybridized carbons (Fsp3) is 0.0476. The third-order valence-corrected chi connectivity index (χ3v) is 4.89. The number of aromatic nitrogens is 1. The number of hydrogen-bond acceptors (Lipinski definition) is 4. The van der Waals surface area contributed by atoms with E-state index in [2.05, 4.69) is 26.2 Å². The summed E-state index contributed by atoms with van der Waals surface area (Å²) in [5, 5.41) is 3.52. The number of hydrogen-bond donors (Lipinski definition) is 1. The predicted octanol–water partition coefficient (Wildman–Crippen LogP) is 6.17.